The number of halogens is 5. The van der Waals surface area contributed by atoms with Crippen LogP contribution >= 0.6 is 11.3 Å². The molecule has 1 saturated heterocycles. The van der Waals surface area contributed by atoms with Gasteiger partial charge < -0.3 is 25.4 Å². The number of hydrogen-bond donors (Lipinski definition) is 4. The van der Waals surface area contributed by atoms with Crippen LogP contribution in [0.5, 0.6) is 5.75 Å². The van der Waals surface area contributed by atoms with Gasteiger partial charge in [-0.05, 0) is 36.8 Å². The normalized spacial score (nSPS) is 15.2. The summed E-state index contributed by atoms with van der Waals surface area (Å²) in [6.07, 6.45) is -4.53. The summed E-state index contributed by atoms with van der Waals surface area (Å²) in [6, 6.07) is 6.65. The van der Waals surface area contributed by atoms with Gasteiger partial charge in [-0.1, -0.05) is 24.0 Å². The molecule has 1 aliphatic heterocycles. The van der Waals surface area contributed by atoms with Crippen molar-refractivity contribution in [1.82, 2.24) is 9.62 Å². The van der Waals surface area contributed by atoms with Crippen LogP contribution in [0, 0.1) is 17.7 Å². The van der Waals surface area contributed by atoms with Gasteiger partial charge in [0.15, 0.2) is 0 Å². The van der Waals surface area contributed by atoms with Gasteiger partial charge in [-0.15, -0.1) is 11.3 Å². The Morgan fingerprint density at radius 3 is 2.57 bits per heavy atom. The number of likely N-dealkylation sites (tertiary alicyclic amines) is 1. The maximum atomic E-state index is 14.7. The highest BCUT2D eigenvalue weighted by atomic mass is 32.2. The van der Waals surface area contributed by atoms with E-state index < -0.39 is 52.2 Å². The molecule has 1 atom stereocenters. The van der Waals surface area contributed by atoms with Crippen molar-refractivity contribution >= 4 is 48.7 Å². The monoisotopic (exact) mass is 688 g/mol. The molecule has 9 nitrogen and oxygen atoms in total. The van der Waals surface area contributed by atoms with Crippen LogP contribution in [0.1, 0.15) is 37.1 Å². The van der Waals surface area contributed by atoms with Crippen molar-refractivity contribution in [2.24, 2.45) is 0 Å². The lowest BCUT2D eigenvalue weighted by Gasteiger charge is -2.33. The Hall–Kier alpha value is -3.65. The lowest BCUT2D eigenvalue weighted by atomic mass is 10.0. The largest absolute Gasteiger partial charge is 0.461 e. The zero-order chi connectivity index (χ0) is 33.6. The minimum atomic E-state index is -4.60. The lowest BCUT2D eigenvalue weighted by molar-refractivity contribution is -0.127. The van der Waals surface area contributed by atoms with Crippen molar-refractivity contribution in [1.29, 1.82) is 0 Å². The van der Waals surface area contributed by atoms with Crippen LogP contribution in [0.15, 0.2) is 35.2 Å². The molecular formula is C30H33F5N4O5S2. The fourth-order valence-electron chi connectivity index (χ4n) is 5.18. The number of carbonyl (C=O) groups is 1. The Morgan fingerprint density at radius 2 is 1.93 bits per heavy atom. The zero-order valence-electron chi connectivity index (χ0n) is 24.9. The molecule has 0 spiro atoms. The Balaban J connectivity index is 1.57. The number of nitrogens with one attached hydrogen (secondary N) is 3. The van der Waals surface area contributed by atoms with Gasteiger partial charge in [0.25, 0.3) is 10.0 Å². The number of rotatable bonds is 11. The lowest BCUT2D eigenvalue weighted by Crippen LogP contribution is -2.41. The highest BCUT2D eigenvalue weighted by Gasteiger charge is 2.31. The summed E-state index contributed by atoms with van der Waals surface area (Å²) in [4.78, 5) is 12.6. The molecule has 1 fully saturated rings. The smallest absolute Gasteiger partial charge is 0.393 e. The van der Waals surface area contributed by atoms with Crippen molar-refractivity contribution in [2.45, 2.75) is 56.3 Å². The second-order valence-corrected chi connectivity index (χ2v) is 13.5. The molecule has 250 valence electrons. The molecule has 16 heteroatoms. The van der Waals surface area contributed by atoms with E-state index in [0.29, 0.717) is 28.4 Å². The summed E-state index contributed by atoms with van der Waals surface area (Å²) in [5.74, 6) is 2.86. The Bertz CT molecular complexity index is 1730. The summed E-state index contributed by atoms with van der Waals surface area (Å²) in [5.41, 5.74) is 0.559. The molecule has 1 unspecified atom stereocenters. The number of β-amino-alcohol motifs (C(OH)–C–C–N with tert-alkyl or cyclic N) is 1. The molecule has 4 rings (SSSR count). The fourth-order valence-corrected chi connectivity index (χ4v) is 7.42. The second kappa shape index (κ2) is 14.8. The van der Waals surface area contributed by atoms with Gasteiger partial charge in [0.05, 0.1) is 40.0 Å². The van der Waals surface area contributed by atoms with E-state index in [1.807, 2.05) is 6.07 Å². The van der Waals surface area contributed by atoms with Crippen LogP contribution in [-0.4, -0.2) is 75.7 Å². The Labute approximate surface area is 267 Å². The maximum Gasteiger partial charge on any atom is 0.393 e. The molecule has 0 aliphatic carbocycles. The van der Waals surface area contributed by atoms with Gasteiger partial charge in [-0.3, -0.25) is 4.79 Å². The predicted molar refractivity (Wildman–Crippen MR) is 166 cm³/mol. The molecule has 4 N–H and O–H groups in total. The van der Waals surface area contributed by atoms with Gasteiger partial charge in [0.2, 0.25) is 12.8 Å². The summed E-state index contributed by atoms with van der Waals surface area (Å²) in [7, 11) is -4.60. The van der Waals surface area contributed by atoms with Crippen LogP contribution in [0.2, 0.25) is 0 Å². The van der Waals surface area contributed by atoms with Crippen LogP contribution in [0.4, 0.5) is 33.3 Å². The summed E-state index contributed by atoms with van der Waals surface area (Å²) in [6.45, 7) is 3.17. The maximum absolute atomic E-state index is 14.7. The van der Waals surface area contributed by atoms with E-state index in [1.165, 1.54) is 0 Å². The SMILES string of the molecule is CC(=O)NS(=O)(=O)c1cc(OCF)c(NCC#Cc2sc3c(NC4CCN(CC(C)O)CC4)cccc3c2CC(F)(F)F)cc1F. The number of nitrogens with zero attached hydrogens (tertiary/aromatic N) is 1. The summed E-state index contributed by atoms with van der Waals surface area (Å²) in [5, 5.41) is 16.2. The molecule has 2 heterocycles. The van der Waals surface area contributed by atoms with E-state index >= 15 is 0 Å². The number of piperidine rings is 1. The highest BCUT2D eigenvalue weighted by molar-refractivity contribution is 7.90. The quantitative estimate of drug-likeness (QED) is 0.164. The van der Waals surface area contributed by atoms with Crippen LogP contribution in [-0.2, 0) is 21.2 Å². The third kappa shape index (κ3) is 9.21. The Morgan fingerprint density at radius 1 is 1.22 bits per heavy atom. The molecule has 0 saturated carbocycles. The van der Waals surface area contributed by atoms with Crippen molar-refractivity contribution < 1.29 is 45.0 Å². The predicted octanol–water partition coefficient (Wildman–Crippen LogP) is 5.00. The minimum absolute atomic E-state index is 0.0235. The van der Waals surface area contributed by atoms with Gasteiger partial charge in [-0.2, -0.15) is 13.2 Å². The number of fused-ring (bicyclic) bond motifs is 1. The van der Waals surface area contributed by atoms with Crippen molar-refractivity contribution in [3.63, 3.8) is 0 Å². The number of benzene rings is 2. The molecule has 46 heavy (non-hydrogen) atoms. The third-order valence-corrected chi connectivity index (χ3v) is 9.69. The number of anilines is 2. The number of amides is 1. The van der Waals surface area contributed by atoms with Crippen molar-refractivity contribution in [3.05, 3.63) is 46.6 Å². The molecule has 1 aliphatic rings. The van der Waals surface area contributed by atoms with Gasteiger partial charge in [-0.25, -0.2) is 21.9 Å². The zero-order valence-corrected chi connectivity index (χ0v) is 26.6. The number of hydrogen-bond acceptors (Lipinski definition) is 9. The van der Waals surface area contributed by atoms with Crippen LogP contribution in [0.3, 0.4) is 0 Å². The topological polar surface area (TPSA) is 120 Å². The van der Waals surface area contributed by atoms with E-state index in [-0.39, 0.29) is 34.5 Å². The summed E-state index contributed by atoms with van der Waals surface area (Å²) < 4.78 is 100. The first-order valence-corrected chi connectivity index (χ1v) is 16.5. The first-order valence-electron chi connectivity index (χ1n) is 14.2. The number of aliphatic hydroxyl groups is 1. The van der Waals surface area contributed by atoms with Crippen molar-refractivity contribution in [2.75, 3.05) is 43.7 Å². The standard InChI is InChI=1S/C30H33F5N4O5S2/c1-18(40)16-39-11-8-20(9-12-39)37-24-6-3-5-21-22(15-30(33,34)35)27(45-29(21)24)7-4-10-36-25-13-23(32)28(14-26(25)44-17-31)46(42,43)38-19(2)41/h3,5-6,13-14,18,20,36-37,40H,8-12,15-17H2,1-2H3,(H,38,41). The molecular weight excluding hydrogens is 655 g/mol. The number of thiophene rings is 1. The average molecular weight is 689 g/mol. The number of carbonyl (C=O) groups excluding carboxylic acids is 1. The molecule has 1 amide bonds. The molecule has 1 aromatic heterocycles. The third-order valence-electron chi connectivity index (χ3n) is 7.05. The van der Waals surface area contributed by atoms with Crippen LogP contribution < -0.4 is 20.1 Å². The average Bonchev–Trinajstić information content (AvgIpc) is 3.29. The number of aliphatic hydroxyl groups excluding tert-OH is 1. The van der Waals surface area contributed by atoms with E-state index in [1.54, 1.807) is 23.8 Å². The number of alkyl halides is 4. The molecule has 3 aromatic rings. The van der Waals surface area contributed by atoms with Crippen molar-refractivity contribution in [3.8, 4) is 17.6 Å². The number of ether oxygens (including phenoxy) is 1. The van der Waals surface area contributed by atoms with E-state index in [0.717, 1.165) is 50.3 Å². The van der Waals surface area contributed by atoms with Crippen LogP contribution in [0.25, 0.3) is 10.1 Å². The first-order chi connectivity index (χ1) is 21.7. The second-order valence-electron chi connectivity index (χ2n) is 10.8. The molecule has 0 bridgehead atoms. The van der Waals surface area contributed by atoms with Gasteiger partial charge >= 0.3 is 6.18 Å². The van der Waals surface area contributed by atoms with E-state index in [4.69, 9.17) is 4.74 Å². The highest BCUT2D eigenvalue weighted by Crippen LogP contribution is 2.39. The van der Waals surface area contributed by atoms with Gasteiger partial charge in [0.1, 0.15) is 16.5 Å². The summed E-state index contributed by atoms with van der Waals surface area (Å²) >= 11 is 1.12. The molecule has 0 radical (unpaired) electrons. The Kier molecular flexibility index (Phi) is 11.4. The fraction of sp³-hybridized carbons (Fsp3) is 0.433. The first kappa shape index (κ1) is 35.2. The minimum Gasteiger partial charge on any atom is -0.461 e. The molecule has 2 aromatic carbocycles. The van der Waals surface area contributed by atoms with Gasteiger partial charge in [0, 0.05) is 44.7 Å². The van der Waals surface area contributed by atoms with E-state index in [2.05, 4.69) is 27.4 Å². The van der Waals surface area contributed by atoms with E-state index in [9.17, 15) is 40.3 Å². The number of sulfonamides is 1.